The van der Waals surface area contributed by atoms with Crippen molar-refractivity contribution in [3.05, 3.63) is 35.9 Å². The lowest BCUT2D eigenvalue weighted by molar-refractivity contribution is -0.132. The molecule has 2 rings (SSSR count). The maximum absolute atomic E-state index is 12.1. The molecule has 0 spiro atoms. The van der Waals surface area contributed by atoms with Gasteiger partial charge in [0.15, 0.2) is 0 Å². The van der Waals surface area contributed by atoms with E-state index in [0.29, 0.717) is 0 Å². The molecule has 1 aromatic rings. The number of amides is 1. The molecule has 1 aliphatic heterocycles. The second-order valence-electron chi connectivity index (χ2n) is 4.57. The summed E-state index contributed by atoms with van der Waals surface area (Å²) in [4.78, 5) is 14.0. The van der Waals surface area contributed by atoms with Crippen LogP contribution < -0.4 is 5.73 Å². The molecule has 3 nitrogen and oxygen atoms in total. The van der Waals surface area contributed by atoms with E-state index in [1.54, 1.807) is 0 Å². The summed E-state index contributed by atoms with van der Waals surface area (Å²) < 4.78 is 0. The topological polar surface area (TPSA) is 46.3 Å². The van der Waals surface area contributed by atoms with Gasteiger partial charge in [-0.2, -0.15) is 11.8 Å². The number of thioether (sulfide) groups is 1. The highest BCUT2D eigenvalue weighted by Gasteiger charge is 2.22. The Morgan fingerprint density at radius 1 is 1.28 bits per heavy atom. The van der Waals surface area contributed by atoms with E-state index < -0.39 is 0 Å². The highest BCUT2D eigenvalue weighted by molar-refractivity contribution is 7.99. The molecule has 1 saturated heterocycles. The summed E-state index contributed by atoms with van der Waals surface area (Å²) in [5.41, 5.74) is 7.24. The minimum Gasteiger partial charge on any atom is -0.340 e. The van der Waals surface area contributed by atoms with Crippen LogP contribution in [-0.2, 0) is 11.2 Å². The minimum atomic E-state index is -0.353. The fourth-order valence-electron chi connectivity index (χ4n) is 2.11. The molecule has 18 heavy (non-hydrogen) atoms. The largest absolute Gasteiger partial charge is 0.340 e. The third-order valence-electron chi connectivity index (χ3n) is 3.23. The first kappa shape index (κ1) is 13.4. The van der Waals surface area contributed by atoms with Gasteiger partial charge in [-0.1, -0.05) is 30.3 Å². The molecule has 1 aliphatic rings. The van der Waals surface area contributed by atoms with Gasteiger partial charge in [-0.25, -0.2) is 0 Å². The summed E-state index contributed by atoms with van der Waals surface area (Å²) in [6.07, 6.45) is 1.60. The molecular formula is C14H20N2OS. The van der Waals surface area contributed by atoms with Crippen molar-refractivity contribution in [2.75, 3.05) is 24.6 Å². The Morgan fingerprint density at radius 3 is 2.61 bits per heavy atom. The van der Waals surface area contributed by atoms with Crippen LogP contribution in [0.3, 0.4) is 0 Å². The lowest BCUT2D eigenvalue weighted by Gasteiger charge is -2.28. The van der Waals surface area contributed by atoms with E-state index in [4.69, 9.17) is 5.73 Å². The molecule has 1 heterocycles. The Kier molecular flexibility index (Phi) is 5.08. The molecule has 0 bridgehead atoms. The van der Waals surface area contributed by atoms with Crippen molar-refractivity contribution < 1.29 is 4.79 Å². The molecule has 1 aromatic carbocycles. The molecule has 2 N–H and O–H groups in total. The number of carbonyl (C=O) groups is 1. The predicted molar refractivity (Wildman–Crippen MR) is 76.6 cm³/mol. The molecule has 98 valence electrons. The first-order valence-corrected chi connectivity index (χ1v) is 7.59. The minimum absolute atomic E-state index is 0.117. The monoisotopic (exact) mass is 264 g/mol. The highest BCUT2D eigenvalue weighted by Crippen LogP contribution is 2.11. The zero-order valence-electron chi connectivity index (χ0n) is 10.5. The maximum atomic E-state index is 12.1. The Balaban J connectivity index is 1.80. The SMILES string of the molecule is NC(CCc1ccccc1)C(=O)N1CCSCC1. The number of carbonyl (C=O) groups excluding carboxylic acids is 1. The van der Waals surface area contributed by atoms with Crippen LogP contribution in [0.5, 0.6) is 0 Å². The van der Waals surface area contributed by atoms with Crippen molar-refractivity contribution in [2.45, 2.75) is 18.9 Å². The molecule has 0 aromatic heterocycles. The molecule has 0 aliphatic carbocycles. The van der Waals surface area contributed by atoms with Crippen LogP contribution in [0.2, 0.25) is 0 Å². The molecule has 0 radical (unpaired) electrons. The van der Waals surface area contributed by atoms with E-state index in [2.05, 4.69) is 12.1 Å². The average Bonchev–Trinajstić information content (AvgIpc) is 2.46. The van der Waals surface area contributed by atoms with Gasteiger partial charge < -0.3 is 10.6 Å². The van der Waals surface area contributed by atoms with Crippen molar-refractivity contribution >= 4 is 17.7 Å². The van der Waals surface area contributed by atoms with Crippen molar-refractivity contribution in [2.24, 2.45) is 5.73 Å². The zero-order valence-corrected chi connectivity index (χ0v) is 11.4. The summed E-state index contributed by atoms with van der Waals surface area (Å²) in [5.74, 6) is 2.19. The van der Waals surface area contributed by atoms with Crippen LogP contribution >= 0.6 is 11.8 Å². The van der Waals surface area contributed by atoms with Gasteiger partial charge in [-0.05, 0) is 18.4 Å². The van der Waals surface area contributed by atoms with Crippen molar-refractivity contribution in [1.29, 1.82) is 0 Å². The van der Waals surface area contributed by atoms with Crippen LogP contribution in [0.25, 0.3) is 0 Å². The Labute approximate surface area is 113 Å². The molecule has 0 saturated carbocycles. The lowest BCUT2D eigenvalue weighted by Crippen LogP contribution is -2.47. The summed E-state index contributed by atoms with van der Waals surface area (Å²) in [6.45, 7) is 1.70. The van der Waals surface area contributed by atoms with E-state index in [1.165, 1.54) is 5.56 Å². The molecule has 1 amide bonds. The molecular weight excluding hydrogens is 244 g/mol. The van der Waals surface area contributed by atoms with Crippen molar-refractivity contribution in [3.63, 3.8) is 0 Å². The summed E-state index contributed by atoms with van der Waals surface area (Å²) in [7, 11) is 0. The van der Waals surface area contributed by atoms with E-state index in [1.807, 2.05) is 34.9 Å². The van der Waals surface area contributed by atoms with Gasteiger partial charge in [-0.15, -0.1) is 0 Å². The number of nitrogens with two attached hydrogens (primary N) is 1. The third kappa shape index (κ3) is 3.75. The van der Waals surface area contributed by atoms with E-state index in [0.717, 1.165) is 37.4 Å². The number of nitrogens with zero attached hydrogens (tertiary/aromatic N) is 1. The average molecular weight is 264 g/mol. The molecule has 1 unspecified atom stereocenters. The number of aryl methyl sites for hydroxylation is 1. The van der Waals surface area contributed by atoms with Gasteiger partial charge in [0.2, 0.25) is 5.91 Å². The predicted octanol–water partition coefficient (Wildman–Crippen LogP) is 1.52. The number of hydrogen-bond acceptors (Lipinski definition) is 3. The second kappa shape index (κ2) is 6.81. The smallest absolute Gasteiger partial charge is 0.239 e. The zero-order chi connectivity index (χ0) is 12.8. The van der Waals surface area contributed by atoms with Gasteiger partial charge in [0.1, 0.15) is 0 Å². The fourth-order valence-corrected chi connectivity index (χ4v) is 3.01. The van der Waals surface area contributed by atoms with Crippen molar-refractivity contribution in [3.8, 4) is 0 Å². The van der Waals surface area contributed by atoms with Crippen LogP contribution in [0.4, 0.5) is 0 Å². The standard InChI is InChI=1S/C14H20N2OS/c15-13(7-6-12-4-2-1-3-5-12)14(17)16-8-10-18-11-9-16/h1-5,13H,6-11,15H2. The summed E-state index contributed by atoms with van der Waals surface area (Å²) >= 11 is 1.90. The quantitative estimate of drug-likeness (QED) is 0.897. The van der Waals surface area contributed by atoms with Gasteiger partial charge in [0.25, 0.3) is 0 Å². The van der Waals surface area contributed by atoms with E-state index >= 15 is 0 Å². The van der Waals surface area contributed by atoms with Crippen LogP contribution in [-0.4, -0.2) is 41.4 Å². The van der Waals surface area contributed by atoms with Gasteiger partial charge in [0, 0.05) is 24.6 Å². The van der Waals surface area contributed by atoms with Crippen LogP contribution in [0, 0.1) is 0 Å². The Hall–Kier alpha value is -1.00. The second-order valence-corrected chi connectivity index (χ2v) is 5.79. The van der Waals surface area contributed by atoms with Gasteiger partial charge >= 0.3 is 0 Å². The lowest BCUT2D eigenvalue weighted by atomic mass is 10.0. The molecule has 1 atom stereocenters. The van der Waals surface area contributed by atoms with Gasteiger partial charge in [0.05, 0.1) is 6.04 Å². The Bertz CT molecular complexity index is 377. The van der Waals surface area contributed by atoms with Gasteiger partial charge in [-0.3, -0.25) is 4.79 Å². The number of hydrogen-bond donors (Lipinski definition) is 1. The summed E-state index contributed by atoms with van der Waals surface area (Å²) in [6, 6.07) is 9.84. The number of rotatable bonds is 4. The van der Waals surface area contributed by atoms with Crippen LogP contribution in [0.15, 0.2) is 30.3 Å². The van der Waals surface area contributed by atoms with Crippen molar-refractivity contribution in [1.82, 2.24) is 4.90 Å². The maximum Gasteiger partial charge on any atom is 0.239 e. The first-order chi connectivity index (χ1) is 8.77. The van der Waals surface area contributed by atoms with E-state index in [9.17, 15) is 4.79 Å². The highest BCUT2D eigenvalue weighted by atomic mass is 32.2. The molecule has 1 fully saturated rings. The normalized spacial score (nSPS) is 17.5. The fraction of sp³-hybridized carbons (Fsp3) is 0.500. The van der Waals surface area contributed by atoms with E-state index in [-0.39, 0.29) is 11.9 Å². The summed E-state index contributed by atoms with van der Waals surface area (Å²) in [5, 5.41) is 0. The first-order valence-electron chi connectivity index (χ1n) is 6.43. The third-order valence-corrected chi connectivity index (χ3v) is 4.17. The number of benzene rings is 1. The van der Waals surface area contributed by atoms with Crippen LogP contribution in [0.1, 0.15) is 12.0 Å². The molecule has 4 heteroatoms. The Morgan fingerprint density at radius 2 is 1.94 bits per heavy atom.